The second-order valence-electron chi connectivity index (χ2n) is 5.61. The fourth-order valence-electron chi connectivity index (χ4n) is 2.49. The van der Waals surface area contributed by atoms with Crippen molar-refractivity contribution in [3.05, 3.63) is 48.0 Å². The van der Waals surface area contributed by atoms with Gasteiger partial charge in [0.15, 0.2) is 23.0 Å². The van der Waals surface area contributed by atoms with Crippen molar-refractivity contribution in [1.29, 1.82) is 0 Å². The molecule has 1 heterocycles. The topological polar surface area (TPSA) is 78.4 Å². The number of hydrazone groups is 1. The molecular formula is C19H20N2O5. The third-order valence-electron chi connectivity index (χ3n) is 3.94. The average Bonchev–Trinajstić information content (AvgIpc) is 2.70. The number of benzene rings is 2. The second kappa shape index (κ2) is 7.77. The van der Waals surface area contributed by atoms with Crippen molar-refractivity contribution in [2.24, 2.45) is 5.10 Å². The van der Waals surface area contributed by atoms with Gasteiger partial charge in [0, 0.05) is 5.56 Å². The molecule has 0 fully saturated rings. The van der Waals surface area contributed by atoms with Gasteiger partial charge in [-0.3, -0.25) is 4.79 Å². The zero-order valence-electron chi connectivity index (χ0n) is 14.8. The Balaban J connectivity index is 1.67. The molecule has 26 heavy (non-hydrogen) atoms. The fourth-order valence-corrected chi connectivity index (χ4v) is 2.49. The van der Waals surface area contributed by atoms with Gasteiger partial charge in [-0.05, 0) is 37.3 Å². The van der Waals surface area contributed by atoms with Crippen molar-refractivity contribution in [1.82, 2.24) is 5.43 Å². The molecule has 0 aromatic heterocycles. The summed E-state index contributed by atoms with van der Waals surface area (Å²) in [5, 5.41) is 4.14. The van der Waals surface area contributed by atoms with Crippen LogP contribution in [0.3, 0.4) is 0 Å². The lowest BCUT2D eigenvalue weighted by molar-refractivity contribution is -0.130. The zero-order chi connectivity index (χ0) is 18.5. The zero-order valence-corrected chi connectivity index (χ0v) is 14.8. The predicted molar refractivity (Wildman–Crippen MR) is 96.3 cm³/mol. The van der Waals surface area contributed by atoms with Crippen molar-refractivity contribution < 1.29 is 23.7 Å². The number of carbonyl (C=O) groups excluding carboxylic acids is 1. The van der Waals surface area contributed by atoms with Gasteiger partial charge < -0.3 is 18.9 Å². The Morgan fingerprint density at radius 3 is 2.58 bits per heavy atom. The standard InChI is InChI=1S/C19H20N2O5/c1-12(13-8-9-14(23-2)17(10-13)24-3)20-21-19(22)18-11-25-15-6-4-5-7-16(15)26-18/h4-10,18H,11H2,1-3H3,(H,21,22)/b20-12-/t18-/m1/s1. The van der Waals surface area contributed by atoms with E-state index in [9.17, 15) is 4.79 Å². The second-order valence-corrected chi connectivity index (χ2v) is 5.61. The summed E-state index contributed by atoms with van der Waals surface area (Å²) < 4.78 is 21.7. The first-order valence-corrected chi connectivity index (χ1v) is 8.07. The minimum absolute atomic E-state index is 0.133. The number of hydrogen-bond acceptors (Lipinski definition) is 6. The molecule has 136 valence electrons. The lowest BCUT2D eigenvalue weighted by Gasteiger charge is -2.24. The summed E-state index contributed by atoms with van der Waals surface area (Å²) in [6, 6.07) is 12.6. The molecule has 1 N–H and O–H groups in total. The Hall–Kier alpha value is -3.22. The molecule has 0 radical (unpaired) electrons. The van der Waals surface area contributed by atoms with Crippen molar-refractivity contribution >= 4 is 11.6 Å². The molecule has 7 heteroatoms. The van der Waals surface area contributed by atoms with Crippen LogP contribution in [-0.2, 0) is 4.79 Å². The maximum absolute atomic E-state index is 12.3. The van der Waals surface area contributed by atoms with Gasteiger partial charge in [0.05, 0.1) is 19.9 Å². The van der Waals surface area contributed by atoms with Gasteiger partial charge in [0.2, 0.25) is 6.10 Å². The van der Waals surface area contributed by atoms with Crippen LogP contribution in [0.5, 0.6) is 23.0 Å². The molecule has 7 nitrogen and oxygen atoms in total. The Morgan fingerprint density at radius 1 is 1.12 bits per heavy atom. The molecule has 1 atom stereocenters. The number of hydrogen-bond donors (Lipinski definition) is 1. The van der Waals surface area contributed by atoms with Crippen LogP contribution in [0, 0.1) is 0 Å². The van der Waals surface area contributed by atoms with Crippen LogP contribution in [0.15, 0.2) is 47.6 Å². The summed E-state index contributed by atoms with van der Waals surface area (Å²) in [5.41, 5.74) is 3.94. The van der Waals surface area contributed by atoms with Crippen LogP contribution >= 0.6 is 0 Å². The van der Waals surface area contributed by atoms with E-state index in [0.29, 0.717) is 28.7 Å². The molecule has 2 aromatic carbocycles. The maximum Gasteiger partial charge on any atom is 0.284 e. The summed E-state index contributed by atoms with van der Waals surface area (Å²) in [6.07, 6.45) is -0.758. The highest BCUT2D eigenvalue weighted by atomic mass is 16.6. The molecule has 1 aliphatic heterocycles. The molecule has 0 saturated heterocycles. The summed E-state index contributed by atoms with van der Waals surface area (Å²) >= 11 is 0. The van der Waals surface area contributed by atoms with Gasteiger partial charge in [-0.1, -0.05) is 12.1 Å². The minimum Gasteiger partial charge on any atom is -0.493 e. The van der Waals surface area contributed by atoms with Crippen molar-refractivity contribution in [3.8, 4) is 23.0 Å². The molecule has 3 rings (SSSR count). The highest BCUT2D eigenvalue weighted by Crippen LogP contribution is 2.31. The largest absolute Gasteiger partial charge is 0.493 e. The number of nitrogens with one attached hydrogen (secondary N) is 1. The van der Waals surface area contributed by atoms with E-state index >= 15 is 0 Å². The van der Waals surface area contributed by atoms with E-state index in [2.05, 4.69) is 10.5 Å². The van der Waals surface area contributed by atoms with E-state index in [1.807, 2.05) is 18.2 Å². The minimum atomic E-state index is -0.758. The number of amides is 1. The van der Waals surface area contributed by atoms with Crippen LogP contribution < -0.4 is 24.4 Å². The van der Waals surface area contributed by atoms with E-state index in [1.54, 1.807) is 45.4 Å². The van der Waals surface area contributed by atoms with Crippen LogP contribution in [0.1, 0.15) is 12.5 Å². The fraction of sp³-hybridized carbons (Fsp3) is 0.263. The van der Waals surface area contributed by atoms with Crippen molar-refractivity contribution in [2.45, 2.75) is 13.0 Å². The molecular weight excluding hydrogens is 336 g/mol. The number of nitrogens with zero attached hydrogens (tertiary/aromatic N) is 1. The smallest absolute Gasteiger partial charge is 0.284 e. The van der Waals surface area contributed by atoms with Gasteiger partial charge in [-0.2, -0.15) is 5.10 Å². The molecule has 0 saturated carbocycles. The lowest BCUT2D eigenvalue weighted by atomic mass is 10.1. The van der Waals surface area contributed by atoms with Gasteiger partial charge in [0.25, 0.3) is 5.91 Å². The van der Waals surface area contributed by atoms with Crippen molar-refractivity contribution in [3.63, 3.8) is 0 Å². The molecule has 0 spiro atoms. The molecule has 1 aliphatic rings. The van der Waals surface area contributed by atoms with E-state index in [1.165, 1.54) is 0 Å². The van der Waals surface area contributed by atoms with Crippen LogP contribution in [0.25, 0.3) is 0 Å². The van der Waals surface area contributed by atoms with Gasteiger partial charge in [-0.15, -0.1) is 0 Å². The number of carbonyl (C=O) groups is 1. The van der Waals surface area contributed by atoms with E-state index in [0.717, 1.165) is 5.56 Å². The molecule has 1 amide bonds. The first-order chi connectivity index (χ1) is 12.6. The Morgan fingerprint density at radius 2 is 1.85 bits per heavy atom. The first kappa shape index (κ1) is 17.6. The summed E-state index contributed by atoms with van der Waals surface area (Å²) in [7, 11) is 3.14. The van der Waals surface area contributed by atoms with Gasteiger partial charge in [-0.25, -0.2) is 5.43 Å². The van der Waals surface area contributed by atoms with Crippen LogP contribution in [0.4, 0.5) is 0 Å². The lowest BCUT2D eigenvalue weighted by Crippen LogP contribution is -2.42. The quantitative estimate of drug-likeness (QED) is 0.657. The van der Waals surface area contributed by atoms with E-state index in [4.69, 9.17) is 18.9 Å². The first-order valence-electron chi connectivity index (χ1n) is 8.07. The number of methoxy groups -OCH3 is 2. The molecule has 0 aliphatic carbocycles. The Bertz CT molecular complexity index is 834. The highest BCUT2D eigenvalue weighted by molar-refractivity contribution is 6.00. The Labute approximate surface area is 151 Å². The number of rotatable bonds is 5. The third-order valence-corrected chi connectivity index (χ3v) is 3.94. The normalized spacial score (nSPS) is 16.0. The molecule has 2 aromatic rings. The molecule has 0 unspecified atom stereocenters. The van der Waals surface area contributed by atoms with Gasteiger partial charge in [0.1, 0.15) is 6.61 Å². The summed E-state index contributed by atoms with van der Waals surface area (Å²) in [5.74, 6) is 2.01. The number of fused-ring (bicyclic) bond motifs is 1. The number of ether oxygens (including phenoxy) is 4. The average molecular weight is 356 g/mol. The van der Waals surface area contributed by atoms with Gasteiger partial charge >= 0.3 is 0 Å². The van der Waals surface area contributed by atoms with E-state index < -0.39 is 6.10 Å². The summed E-state index contributed by atoms with van der Waals surface area (Å²) in [4.78, 5) is 12.3. The van der Waals surface area contributed by atoms with Crippen LogP contribution in [-0.4, -0.2) is 38.5 Å². The van der Waals surface area contributed by atoms with Crippen molar-refractivity contribution in [2.75, 3.05) is 20.8 Å². The highest BCUT2D eigenvalue weighted by Gasteiger charge is 2.27. The third kappa shape index (κ3) is 3.72. The maximum atomic E-state index is 12.3. The molecule has 0 bridgehead atoms. The number of para-hydroxylation sites is 2. The SMILES string of the molecule is COc1ccc(/C(C)=N\NC(=O)[C@H]2COc3ccccc3O2)cc1OC. The summed E-state index contributed by atoms with van der Waals surface area (Å²) in [6.45, 7) is 1.92. The predicted octanol–water partition coefficient (Wildman–Crippen LogP) is 2.38. The monoisotopic (exact) mass is 356 g/mol. The van der Waals surface area contributed by atoms with E-state index in [-0.39, 0.29) is 12.5 Å². The van der Waals surface area contributed by atoms with Crippen LogP contribution in [0.2, 0.25) is 0 Å². The Kier molecular flexibility index (Phi) is 5.26.